The molecule has 5 nitrogen and oxygen atoms in total. The number of para-hydroxylation sites is 2. The van der Waals surface area contributed by atoms with Crippen molar-refractivity contribution in [1.29, 1.82) is 0 Å². The van der Waals surface area contributed by atoms with Crippen molar-refractivity contribution in [2.24, 2.45) is 0 Å². The first-order valence-electron chi connectivity index (χ1n) is 5.98. The van der Waals surface area contributed by atoms with E-state index in [4.69, 9.17) is 0 Å². The molecule has 0 amide bonds. The molecule has 1 aliphatic rings. The van der Waals surface area contributed by atoms with Gasteiger partial charge in [0.15, 0.2) is 0 Å². The molecule has 2 N–H and O–H groups in total. The SMILES string of the molecule is O=[N+]([O-])c1ccccc1NCCCNC1CC1. The Morgan fingerprint density at radius 2 is 2.06 bits per heavy atom. The summed E-state index contributed by atoms with van der Waals surface area (Å²) in [5.41, 5.74) is 0.742. The van der Waals surface area contributed by atoms with E-state index in [0.717, 1.165) is 25.6 Å². The minimum Gasteiger partial charge on any atom is -0.379 e. The number of nitrogens with zero attached hydrogens (tertiary/aromatic N) is 1. The molecule has 0 aromatic heterocycles. The first kappa shape index (κ1) is 11.9. The highest BCUT2D eigenvalue weighted by Gasteiger charge is 2.19. The molecule has 0 spiro atoms. The summed E-state index contributed by atoms with van der Waals surface area (Å²) in [5, 5.41) is 17.3. The number of anilines is 1. The zero-order valence-corrected chi connectivity index (χ0v) is 9.69. The van der Waals surface area contributed by atoms with E-state index in [9.17, 15) is 10.1 Å². The predicted molar refractivity (Wildman–Crippen MR) is 67.2 cm³/mol. The molecule has 5 heteroatoms. The Hall–Kier alpha value is -1.62. The first-order chi connectivity index (χ1) is 8.27. The van der Waals surface area contributed by atoms with Crippen LogP contribution in [0.2, 0.25) is 0 Å². The molecule has 17 heavy (non-hydrogen) atoms. The average molecular weight is 235 g/mol. The second kappa shape index (κ2) is 5.63. The molecule has 0 aliphatic heterocycles. The van der Waals surface area contributed by atoms with Gasteiger partial charge in [-0.3, -0.25) is 10.1 Å². The third kappa shape index (κ3) is 3.71. The summed E-state index contributed by atoms with van der Waals surface area (Å²) in [6.07, 6.45) is 3.55. The molecule has 0 bridgehead atoms. The zero-order chi connectivity index (χ0) is 12.1. The van der Waals surface area contributed by atoms with Gasteiger partial charge in [0, 0.05) is 18.7 Å². The molecule has 92 valence electrons. The van der Waals surface area contributed by atoms with E-state index in [2.05, 4.69) is 10.6 Å². The van der Waals surface area contributed by atoms with E-state index in [1.165, 1.54) is 18.9 Å². The van der Waals surface area contributed by atoms with Crippen LogP contribution in [0, 0.1) is 10.1 Å². The van der Waals surface area contributed by atoms with Crippen molar-refractivity contribution in [2.45, 2.75) is 25.3 Å². The average Bonchev–Trinajstić information content (AvgIpc) is 3.13. The van der Waals surface area contributed by atoms with E-state index in [0.29, 0.717) is 5.69 Å². The molecular weight excluding hydrogens is 218 g/mol. The van der Waals surface area contributed by atoms with Crippen LogP contribution < -0.4 is 10.6 Å². The van der Waals surface area contributed by atoms with Crippen LogP contribution in [0.1, 0.15) is 19.3 Å². The Labute approximate surface area is 100 Å². The lowest BCUT2D eigenvalue weighted by Gasteiger charge is -2.07. The van der Waals surface area contributed by atoms with Crippen LogP contribution >= 0.6 is 0 Å². The molecule has 1 fully saturated rings. The number of hydrogen-bond donors (Lipinski definition) is 2. The maximum absolute atomic E-state index is 10.8. The Balaban J connectivity index is 1.75. The fourth-order valence-corrected chi connectivity index (χ4v) is 1.69. The van der Waals surface area contributed by atoms with Crippen molar-refractivity contribution in [3.63, 3.8) is 0 Å². The van der Waals surface area contributed by atoms with Crippen molar-refractivity contribution in [1.82, 2.24) is 5.32 Å². The van der Waals surface area contributed by atoms with E-state index >= 15 is 0 Å². The van der Waals surface area contributed by atoms with Gasteiger partial charge in [-0.25, -0.2) is 0 Å². The molecule has 0 radical (unpaired) electrons. The summed E-state index contributed by atoms with van der Waals surface area (Å²) in [6, 6.07) is 7.47. The van der Waals surface area contributed by atoms with Gasteiger partial charge in [0.2, 0.25) is 0 Å². The molecule has 1 aromatic carbocycles. The second-order valence-corrected chi connectivity index (χ2v) is 4.28. The Kier molecular flexibility index (Phi) is 3.93. The van der Waals surface area contributed by atoms with Gasteiger partial charge < -0.3 is 10.6 Å². The van der Waals surface area contributed by atoms with Crippen molar-refractivity contribution >= 4 is 11.4 Å². The number of benzene rings is 1. The Morgan fingerprint density at radius 1 is 1.29 bits per heavy atom. The van der Waals surface area contributed by atoms with Gasteiger partial charge in [-0.15, -0.1) is 0 Å². The monoisotopic (exact) mass is 235 g/mol. The molecule has 1 aromatic rings. The van der Waals surface area contributed by atoms with Crippen LogP contribution in [-0.2, 0) is 0 Å². The van der Waals surface area contributed by atoms with Crippen molar-refractivity contribution < 1.29 is 4.92 Å². The maximum atomic E-state index is 10.8. The van der Waals surface area contributed by atoms with Crippen molar-refractivity contribution in [3.05, 3.63) is 34.4 Å². The standard InChI is InChI=1S/C12H17N3O2/c16-15(17)12-5-2-1-4-11(12)14-9-3-8-13-10-6-7-10/h1-2,4-5,10,13-14H,3,6-9H2. The largest absolute Gasteiger partial charge is 0.379 e. The summed E-state index contributed by atoms with van der Waals surface area (Å²) < 4.78 is 0. The highest BCUT2D eigenvalue weighted by atomic mass is 16.6. The topological polar surface area (TPSA) is 67.2 Å². The molecule has 2 rings (SSSR count). The van der Waals surface area contributed by atoms with Crippen LogP contribution in [0.4, 0.5) is 11.4 Å². The molecular formula is C12H17N3O2. The smallest absolute Gasteiger partial charge is 0.292 e. The normalized spacial score (nSPS) is 14.6. The number of nitrogens with one attached hydrogen (secondary N) is 2. The van der Waals surface area contributed by atoms with Gasteiger partial charge in [0.05, 0.1) is 4.92 Å². The van der Waals surface area contributed by atoms with Gasteiger partial charge in [-0.1, -0.05) is 12.1 Å². The van der Waals surface area contributed by atoms with E-state index in [1.807, 2.05) is 0 Å². The van der Waals surface area contributed by atoms with Gasteiger partial charge in [-0.2, -0.15) is 0 Å². The van der Waals surface area contributed by atoms with Gasteiger partial charge >= 0.3 is 0 Å². The number of rotatable bonds is 7. The highest BCUT2D eigenvalue weighted by molar-refractivity contribution is 5.60. The number of hydrogen-bond acceptors (Lipinski definition) is 4. The van der Waals surface area contributed by atoms with Crippen LogP contribution in [-0.4, -0.2) is 24.1 Å². The zero-order valence-electron chi connectivity index (χ0n) is 9.69. The van der Waals surface area contributed by atoms with E-state index in [1.54, 1.807) is 18.2 Å². The van der Waals surface area contributed by atoms with Crippen LogP contribution in [0.3, 0.4) is 0 Å². The van der Waals surface area contributed by atoms with Crippen LogP contribution in [0.5, 0.6) is 0 Å². The second-order valence-electron chi connectivity index (χ2n) is 4.28. The quantitative estimate of drug-likeness (QED) is 0.431. The fraction of sp³-hybridized carbons (Fsp3) is 0.500. The summed E-state index contributed by atoms with van der Waals surface area (Å²) in [4.78, 5) is 10.4. The maximum Gasteiger partial charge on any atom is 0.292 e. The van der Waals surface area contributed by atoms with Gasteiger partial charge in [0.1, 0.15) is 5.69 Å². The molecule has 0 unspecified atom stereocenters. The third-order valence-corrected chi connectivity index (χ3v) is 2.78. The minimum absolute atomic E-state index is 0.141. The minimum atomic E-state index is -0.356. The van der Waals surface area contributed by atoms with Crippen LogP contribution in [0.15, 0.2) is 24.3 Å². The molecule has 1 aliphatic carbocycles. The predicted octanol–water partition coefficient (Wildman–Crippen LogP) is 2.15. The molecule has 0 heterocycles. The molecule has 0 atom stereocenters. The van der Waals surface area contributed by atoms with Gasteiger partial charge in [0.25, 0.3) is 5.69 Å². The fourth-order valence-electron chi connectivity index (χ4n) is 1.69. The summed E-state index contributed by atoms with van der Waals surface area (Å²) in [5.74, 6) is 0. The third-order valence-electron chi connectivity index (χ3n) is 2.78. The molecule has 1 saturated carbocycles. The van der Waals surface area contributed by atoms with Crippen LogP contribution in [0.25, 0.3) is 0 Å². The highest BCUT2D eigenvalue weighted by Crippen LogP contribution is 2.23. The molecule has 0 saturated heterocycles. The Bertz CT molecular complexity index is 391. The Morgan fingerprint density at radius 3 is 2.76 bits per heavy atom. The van der Waals surface area contributed by atoms with Crippen molar-refractivity contribution in [3.8, 4) is 0 Å². The lowest BCUT2D eigenvalue weighted by atomic mass is 10.2. The van der Waals surface area contributed by atoms with Crippen molar-refractivity contribution in [2.75, 3.05) is 18.4 Å². The van der Waals surface area contributed by atoms with E-state index < -0.39 is 0 Å². The van der Waals surface area contributed by atoms with E-state index in [-0.39, 0.29) is 10.6 Å². The number of nitro benzene ring substituents is 1. The summed E-state index contributed by atoms with van der Waals surface area (Å²) in [7, 11) is 0. The first-order valence-corrected chi connectivity index (χ1v) is 5.98. The van der Waals surface area contributed by atoms with Gasteiger partial charge in [-0.05, 0) is 31.9 Å². The number of nitro groups is 1. The summed E-state index contributed by atoms with van der Waals surface area (Å²) >= 11 is 0. The summed E-state index contributed by atoms with van der Waals surface area (Å²) in [6.45, 7) is 1.73. The lowest BCUT2D eigenvalue weighted by molar-refractivity contribution is -0.384. The lowest BCUT2D eigenvalue weighted by Crippen LogP contribution is -2.20.